The van der Waals surface area contributed by atoms with Crippen LogP contribution in [-0.4, -0.2) is 15.0 Å². The average molecular weight is 347 g/mol. The van der Waals surface area contributed by atoms with Gasteiger partial charge < -0.3 is 11.1 Å². The highest BCUT2D eigenvalue weighted by molar-refractivity contribution is 5.89. The third-order valence-electron chi connectivity index (χ3n) is 3.78. The largest absolute Gasteiger partial charge is 0.416 e. The molecule has 0 spiro atoms. The molecule has 8 heteroatoms. The number of benzene rings is 1. The van der Waals surface area contributed by atoms with E-state index >= 15 is 0 Å². The van der Waals surface area contributed by atoms with Crippen LogP contribution in [0, 0.1) is 13.8 Å². The molecule has 0 amide bonds. The third-order valence-corrected chi connectivity index (χ3v) is 3.78. The number of pyridine rings is 1. The number of aromatic nitrogens is 3. The topological polar surface area (TPSA) is 76.7 Å². The lowest BCUT2D eigenvalue weighted by Crippen LogP contribution is -2.13. The predicted octanol–water partition coefficient (Wildman–Crippen LogP) is 3.85. The number of nitrogens with zero attached hydrogens (tertiary/aromatic N) is 3. The van der Waals surface area contributed by atoms with Crippen molar-refractivity contribution in [1.29, 1.82) is 0 Å². The molecule has 1 aromatic carbocycles. The molecule has 0 atom stereocenters. The summed E-state index contributed by atoms with van der Waals surface area (Å²) in [6, 6.07) is 7.23. The Morgan fingerprint density at radius 3 is 2.52 bits per heavy atom. The molecule has 3 N–H and O–H groups in total. The normalized spacial score (nSPS) is 11.7. The second-order valence-electron chi connectivity index (χ2n) is 5.72. The van der Waals surface area contributed by atoms with Crippen LogP contribution in [0.1, 0.15) is 22.4 Å². The SMILES string of the molecule is Cc1cc(C)c2c(N)nc(NCc3ccccc3C(F)(F)F)nc2n1. The summed E-state index contributed by atoms with van der Waals surface area (Å²) in [7, 11) is 0. The molecule has 0 saturated carbocycles. The minimum Gasteiger partial charge on any atom is -0.383 e. The summed E-state index contributed by atoms with van der Waals surface area (Å²) >= 11 is 0. The summed E-state index contributed by atoms with van der Waals surface area (Å²) in [6.07, 6.45) is -4.42. The van der Waals surface area contributed by atoms with Gasteiger partial charge in [0.05, 0.1) is 10.9 Å². The van der Waals surface area contributed by atoms with Crippen LogP contribution in [0.5, 0.6) is 0 Å². The molecule has 2 heterocycles. The Morgan fingerprint density at radius 1 is 1.08 bits per heavy atom. The van der Waals surface area contributed by atoms with Crippen molar-refractivity contribution in [2.75, 3.05) is 11.1 Å². The first kappa shape index (κ1) is 16.9. The van der Waals surface area contributed by atoms with Crippen LogP contribution in [0.2, 0.25) is 0 Å². The first-order chi connectivity index (χ1) is 11.8. The molecular weight excluding hydrogens is 331 g/mol. The molecule has 130 valence electrons. The maximum absolute atomic E-state index is 13.0. The highest BCUT2D eigenvalue weighted by Crippen LogP contribution is 2.32. The average Bonchev–Trinajstić information content (AvgIpc) is 2.51. The van der Waals surface area contributed by atoms with Gasteiger partial charge in [0, 0.05) is 12.2 Å². The summed E-state index contributed by atoms with van der Waals surface area (Å²) in [5.41, 5.74) is 7.46. The number of hydrogen-bond donors (Lipinski definition) is 2. The number of hydrogen-bond acceptors (Lipinski definition) is 5. The lowest BCUT2D eigenvalue weighted by atomic mass is 10.1. The second-order valence-corrected chi connectivity index (χ2v) is 5.72. The lowest BCUT2D eigenvalue weighted by molar-refractivity contribution is -0.138. The summed E-state index contributed by atoms with van der Waals surface area (Å²) < 4.78 is 39.1. The monoisotopic (exact) mass is 347 g/mol. The standard InChI is InChI=1S/C17H16F3N5/c1-9-7-10(2)23-15-13(9)14(21)24-16(25-15)22-8-11-5-3-4-6-12(11)17(18,19)20/h3-7H,8H2,1-2H3,(H3,21,22,23,24,25). The van der Waals surface area contributed by atoms with E-state index in [0.717, 1.165) is 17.3 Å². The molecular formula is C17H16F3N5. The molecule has 0 unspecified atom stereocenters. The van der Waals surface area contributed by atoms with E-state index in [1.807, 2.05) is 19.9 Å². The van der Waals surface area contributed by atoms with Gasteiger partial charge in [-0.25, -0.2) is 4.98 Å². The van der Waals surface area contributed by atoms with Crippen molar-refractivity contribution >= 4 is 22.8 Å². The van der Waals surface area contributed by atoms with Crippen molar-refractivity contribution in [1.82, 2.24) is 15.0 Å². The summed E-state index contributed by atoms with van der Waals surface area (Å²) in [4.78, 5) is 12.7. The van der Waals surface area contributed by atoms with E-state index in [-0.39, 0.29) is 23.9 Å². The van der Waals surface area contributed by atoms with Crippen molar-refractivity contribution in [2.45, 2.75) is 26.6 Å². The zero-order valence-corrected chi connectivity index (χ0v) is 13.6. The maximum atomic E-state index is 13.0. The van der Waals surface area contributed by atoms with Gasteiger partial charge >= 0.3 is 6.18 Å². The molecule has 2 aromatic heterocycles. The fourth-order valence-corrected chi connectivity index (χ4v) is 2.71. The van der Waals surface area contributed by atoms with Gasteiger partial charge in [0.1, 0.15) is 5.82 Å². The second kappa shape index (κ2) is 6.19. The van der Waals surface area contributed by atoms with E-state index in [4.69, 9.17) is 5.73 Å². The van der Waals surface area contributed by atoms with Gasteiger partial charge in [0.2, 0.25) is 5.95 Å². The lowest BCUT2D eigenvalue weighted by Gasteiger charge is -2.14. The van der Waals surface area contributed by atoms with E-state index in [2.05, 4.69) is 20.3 Å². The van der Waals surface area contributed by atoms with Gasteiger partial charge in [0.25, 0.3) is 0 Å². The third kappa shape index (κ3) is 3.47. The number of nitrogen functional groups attached to an aromatic ring is 1. The van der Waals surface area contributed by atoms with Crippen LogP contribution in [0.3, 0.4) is 0 Å². The van der Waals surface area contributed by atoms with Crippen molar-refractivity contribution in [3.63, 3.8) is 0 Å². The van der Waals surface area contributed by atoms with E-state index in [1.54, 1.807) is 6.07 Å². The molecule has 5 nitrogen and oxygen atoms in total. The van der Waals surface area contributed by atoms with Gasteiger partial charge in [-0.15, -0.1) is 0 Å². The van der Waals surface area contributed by atoms with Gasteiger partial charge in [-0.2, -0.15) is 23.1 Å². The van der Waals surface area contributed by atoms with Crippen LogP contribution in [-0.2, 0) is 12.7 Å². The Labute approximate surface area is 142 Å². The molecule has 3 aromatic rings. The molecule has 0 aliphatic rings. The van der Waals surface area contributed by atoms with Gasteiger partial charge in [-0.1, -0.05) is 18.2 Å². The van der Waals surface area contributed by atoms with Crippen molar-refractivity contribution in [3.8, 4) is 0 Å². The first-order valence-electron chi connectivity index (χ1n) is 7.56. The van der Waals surface area contributed by atoms with Crippen molar-refractivity contribution in [3.05, 3.63) is 52.7 Å². The Bertz CT molecular complexity index is 937. The first-order valence-corrected chi connectivity index (χ1v) is 7.56. The fourth-order valence-electron chi connectivity index (χ4n) is 2.71. The Hall–Kier alpha value is -2.90. The van der Waals surface area contributed by atoms with Gasteiger partial charge in [0.15, 0.2) is 5.65 Å². The Kier molecular flexibility index (Phi) is 4.20. The zero-order chi connectivity index (χ0) is 18.2. The predicted molar refractivity (Wildman–Crippen MR) is 90.0 cm³/mol. The molecule has 25 heavy (non-hydrogen) atoms. The van der Waals surface area contributed by atoms with Crippen LogP contribution < -0.4 is 11.1 Å². The number of aryl methyl sites for hydroxylation is 2. The van der Waals surface area contributed by atoms with Crippen molar-refractivity contribution in [2.24, 2.45) is 0 Å². The fraction of sp³-hybridized carbons (Fsp3) is 0.235. The molecule has 3 rings (SSSR count). The summed E-state index contributed by atoms with van der Waals surface area (Å²) in [5, 5.41) is 3.45. The van der Waals surface area contributed by atoms with Crippen LogP contribution in [0.25, 0.3) is 11.0 Å². The Morgan fingerprint density at radius 2 is 1.80 bits per heavy atom. The summed E-state index contributed by atoms with van der Waals surface area (Å²) in [6.45, 7) is 3.63. The van der Waals surface area contributed by atoms with Crippen LogP contribution >= 0.6 is 0 Å². The number of rotatable bonds is 3. The van der Waals surface area contributed by atoms with Crippen LogP contribution in [0.4, 0.5) is 24.9 Å². The maximum Gasteiger partial charge on any atom is 0.416 e. The molecule has 0 saturated heterocycles. The molecule has 0 aliphatic heterocycles. The number of anilines is 2. The molecule has 0 radical (unpaired) electrons. The molecule has 0 bridgehead atoms. The van der Waals surface area contributed by atoms with E-state index in [9.17, 15) is 13.2 Å². The number of nitrogens with two attached hydrogens (primary N) is 1. The quantitative estimate of drug-likeness (QED) is 0.752. The minimum atomic E-state index is -4.42. The zero-order valence-electron chi connectivity index (χ0n) is 13.6. The highest BCUT2D eigenvalue weighted by Gasteiger charge is 2.32. The van der Waals surface area contributed by atoms with E-state index < -0.39 is 11.7 Å². The number of nitrogens with one attached hydrogen (secondary N) is 1. The van der Waals surface area contributed by atoms with E-state index in [0.29, 0.717) is 11.0 Å². The Balaban J connectivity index is 1.93. The van der Waals surface area contributed by atoms with E-state index in [1.165, 1.54) is 12.1 Å². The summed E-state index contributed by atoms with van der Waals surface area (Å²) in [5.74, 6) is 0.376. The number of alkyl halides is 3. The van der Waals surface area contributed by atoms with Crippen LogP contribution in [0.15, 0.2) is 30.3 Å². The highest BCUT2D eigenvalue weighted by atomic mass is 19.4. The van der Waals surface area contributed by atoms with Crippen molar-refractivity contribution < 1.29 is 13.2 Å². The number of halogens is 3. The minimum absolute atomic E-state index is 0.0779. The molecule has 0 aliphatic carbocycles. The molecule has 0 fully saturated rings. The smallest absolute Gasteiger partial charge is 0.383 e. The van der Waals surface area contributed by atoms with Gasteiger partial charge in [-0.05, 0) is 37.1 Å². The van der Waals surface area contributed by atoms with Gasteiger partial charge in [-0.3, -0.25) is 0 Å². The number of fused-ring (bicyclic) bond motifs is 1.